The Hall–Kier alpha value is -3.54. The van der Waals surface area contributed by atoms with E-state index in [1.54, 1.807) is 29.7 Å². The summed E-state index contributed by atoms with van der Waals surface area (Å²) in [7, 11) is 1.58. The third-order valence-corrected chi connectivity index (χ3v) is 7.51. The Morgan fingerprint density at radius 2 is 2.06 bits per heavy atom. The van der Waals surface area contributed by atoms with Gasteiger partial charge in [0, 0.05) is 30.8 Å². The molecule has 0 spiro atoms. The van der Waals surface area contributed by atoms with Gasteiger partial charge in [-0.05, 0) is 49.3 Å². The molecule has 3 heterocycles. The first-order chi connectivity index (χ1) is 17.5. The first-order valence-electron chi connectivity index (χ1n) is 11.5. The highest BCUT2D eigenvalue weighted by atomic mass is 32.1. The number of amides is 2. The monoisotopic (exact) mass is 524 g/mol. The summed E-state index contributed by atoms with van der Waals surface area (Å²) in [5.74, 6) is 0.0387. The molecule has 0 saturated carbocycles. The summed E-state index contributed by atoms with van der Waals surface area (Å²) in [6.07, 6.45) is 1.87. The standard InChI is InChI=1S/C25H24N4O5S2/c1-33-19-7-3-2-5-15(19)12-26-22(30)14-8-9-17-18(11-14)29-21(28-23(17)31)20(36-25(29)35)24(32)27-13-16-6-4-10-34-16/h2-3,5,7-9,11,16H,4,6,10,12-13H2,1H3,(H,26,30)(H,27,32)(H,28,31)/t16-/m1/s1. The molecule has 36 heavy (non-hydrogen) atoms. The molecule has 1 fully saturated rings. The maximum atomic E-state index is 12.9. The number of aromatic amines is 1. The van der Waals surface area contributed by atoms with Crippen LogP contribution in [0.2, 0.25) is 0 Å². The number of nitrogens with zero attached hydrogens (tertiary/aromatic N) is 1. The molecule has 1 aliphatic rings. The van der Waals surface area contributed by atoms with Gasteiger partial charge in [0.05, 0.1) is 24.1 Å². The fourth-order valence-corrected chi connectivity index (χ4v) is 5.60. The number of hydrogen-bond donors (Lipinski definition) is 3. The number of carbonyl (C=O) groups is 2. The van der Waals surface area contributed by atoms with E-state index in [1.807, 2.05) is 24.3 Å². The van der Waals surface area contributed by atoms with Gasteiger partial charge in [0.1, 0.15) is 16.3 Å². The van der Waals surface area contributed by atoms with E-state index in [9.17, 15) is 14.4 Å². The number of carbonyl (C=O) groups excluding carboxylic acids is 2. The van der Waals surface area contributed by atoms with E-state index in [-0.39, 0.29) is 30.0 Å². The minimum atomic E-state index is -0.369. The molecule has 186 valence electrons. The molecule has 4 aromatic rings. The van der Waals surface area contributed by atoms with Crippen LogP contribution in [0.15, 0.2) is 47.3 Å². The molecule has 5 rings (SSSR count). The van der Waals surface area contributed by atoms with E-state index in [0.29, 0.717) is 49.8 Å². The predicted octanol–water partition coefficient (Wildman–Crippen LogP) is 3.42. The Labute approximate surface area is 215 Å². The quantitative estimate of drug-likeness (QED) is 0.319. The van der Waals surface area contributed by atoms with Crippen molar-refractivity contribution in [2.45, 2.75) is 25.5 Å². The Bertz CT molecular complexity index is 1580. The van der Waals surface area contributed by atoms with Gasteiger partial charge in [0.2, 0.25) is 0 Å². The maximum absolute atomic E-state index is 12.9. The molecular weight excluding hydrogens is 500 g/mol. The van der Waals surface area contributed by atoms with Gasteiger partial charge in [0.15, 0.2) is 3.95 Å². The van der Waals surface area contributed by atoms with Crippen LogP contribution in [0.1, 0.15) is 38.4 Å². The van der Waals surface area contributed by atoms with Crippen molar-refractivity contribution in [1.82, 2.24) is 20.0 Å². The zero-order chi connectivity index (χ0) is 25.2. The van der Waals surface area contributed by atoms with Gasteiger partial charge in [0.25, 0.3) is 17.4 Å². The Kier molecular flexibility index (Phi) is 6.86. The number of methoxy groups -OCH3 is 1. The summed E-state index contributed by atoms with van der Waals surface area (Å²) in [6, 6.07) is 12.2. The van der Waals surface area contributed by atoms with Crippen molar-refractivity contribution in [3.05, 3.63) is 72.8 Å². The first-order valence-corrected chi connectivity index (χ1v) is 12.7. The summed E-state index contributed by atoms with van der Waals surface area (Å²) in [6.45, 7) is 1.37. The van der Waals surface area contributed by atoms with Gasteiger partial charge in [-0.3, -0.25) is 18.8 Å². The molecule has 11 heteroatoms. The van der Waals surface area contributed by atoms with E-state index in [4.69, 9.17) is 21.7 Å². The van der Waals surface area contributed by atoms with Crippen molar-refractivity contribution < 1.29 is 19.1 Å². The summed E-state index contributed by atoms with van der Waals surface area (Å²) >= 11 is 6.66. The number of ether oxygens (including phenoxy) is 2. The third-order valence-electron chi connectivity index (χ3n) is 6.14. The molecule has 1 aliphatic heterocycles. The van der Waals surface area contributed by atoms with Crippen molar-refractivity contribution in [3.63, 3.8) is 0 Å². The van der Waals surface area contributed by atoms with E-state index in [1.165, 1.54) is 0 Å². The minimum Gasteiger partial charge on any atom is -0.496 e. The van der Waals surface area contributed by atoms with E-state index < -0.39 is 0 Å². The topological polar surface area (TPSA) is 114 Å². The summed E-state index contributed by atoms with van der Waals surface area (Å²) < 4.78 is 12.9. The Morgan fingerprint density at radius 1 is 1.22 bits per heavy atom. The molecule has 1 atom stereocenters. The number of hydrogen-bond acceptors (Lipinski definition) is 7. The Morgan fingerprint density at radius 3 is 2.83 bits per heavy atom. The summed E-state index contributed by atoms with van der Waals surface area (Å²) in [5.41, 5.74) is 1.59. The molecule has 2 aromatic heterocycles. The van der Waals surface area contributed by atoms with Crippen LogP contribution in [-0.4, -0.2) is 47.6 Å². The van der Waals surface area contributed by atoms with Gasteiger partial charge in [-0.15, -0.1) is 0 Å². The number of thiazole rings is 1. The predicted molar refractivity (Wildman–Crippen MR) is 140 cm³/mol. The zero-order valence-corrected chi connectivity index (χ0v) is 21.1. The highest BCUT2D eigenvalue weighted by molar-refractivity contribution is 7.73. The van der Waals surface area contributed by atoms with Crippen LogP contribution in [0.4, 0.5) is 0 Å². The lowest BCUT2D eigenvalue weighted by molar-refractivity contribution is 0.0861. The van der Waals surface area contributed by atoms with Gasteiger partial charge in [-0.1, -0.05) is 29.5 Å². The molecule has 3 N–H and O–H groups in total. The summed E-state index contributed by atoms with van der Waals surface area (Å²) in [4.78, 5) is 41.8. The average molecular weight is 525 g/mol. The first kappa shape index (κ1) is 24.2. The largest absolute Gasteiger partial charge is 0.496 e. The lowest BCUT2D eigenvalue weighted by Crippen LogP contribution is -2.31. The molecule has 1 saturated heterocycles. The third kappa shape index (κ3) is 4.64. The number of rotatable bonds is 7. The van der Waals surface area contributed by atoms with Crippen LogP contribution in [0.3, 0.4) is 0 Å². The van der Waals surface area contributed by atoms with Crippen molar-refractivity contribution in [2.75, 3.05) is 20.3 Å². The zero-order valence-electron chi connectivity index (χ0n) is 19.5. The highest BCUT2D eigenvalue weighted by Crippen LogP contribution is 2.24. The van der Waals surface area contributed by atoms with Crippen LogP contribution in [0.5, 0.6) is 5.75 Å². The number of H-pyrrole nitrogens is 1. The number of benzene rings is 2. The smallest absolute Gasteiger partial charge is 0.265 e. The molecule has 2 aromatic carbocycles. The highest BCUT2D eigenvalue weighted by Gasteiger charge is 2.21. The lowest BCUT2D eigenvalue weighted by atomic mass is 10.1. The molecule has 9 nitrogen and oxygen atoms in total. The van der Waals surface area contributed by atoms with Crippen molar-refractivity contribution in [1.29, 1.82) is 0 Å². The van der Waals surface area contributed by atoms with Crippen molar-refractivity contribution >= 4 is 51.9 Å². The number of fused-ring (bicyclic) bond motifs is 3. The molecule has 0 unspecified atom stereocenters. The second-order valence-electron chi connectivity index (χ2n) is 8.41. The van der Waals surface area contributed by atoms with E-state index >= 15 is 0 Å². The Balaban J connectivity index is 1.46. The molecular formula is C25H24N4O5S2. The van der Waals surface area contributed by atoms with Crippen molar-refractivity contribution in [3.8, 4) is 5.75 Å². The summed E-state index contributed by atoms with van der Waals surface area (Å²) in [5, 5.41) is 6.13. The fourth-order valence-electron chi connectivity index (χ4n) is 4.30. The number of nitrogens with one attached hydrogen (secondary N) is 3. The van der Waals surface area contributed by atoms with Crippen LogP contribution in [0.25, 0.3) is 16.6 Å². The molecule has 0 radical (unpaired) electrons. The van der Waals surface area contributed by atoms with E-state index in [2.05, 4.69) is 15.6 Å². The number of para-hydroxylation sites is 1. The SMILES string of the molecule is COc1ccccc1CNC(=O)c1ccc2c(=O)[nH]c3c(C(=O)NC[C@H]4CCCO4)sc(=S)n3c2c1. The van der Waals surface area contributed by atoms with Crippen LogP contribution in [0, 0.1) is 3.95 Å². The number of aromatic nitrogens is 2. The van der Waals surface area contributed by atoms with Gasteiger partial charge >= 0.3 is 0 Å². The van der Waals surface area contributed by atoms with Crippen LogP contribution in [-0.2, 0) is 11.3 Å². The van der Waals surface area contributed by atoms with Crippen LogP contribution >= 0.6 is 23.6 Å². The lowest BCUT2D eigenvalue weighted by Gasteiger charge is -2.11. The van der Waals surface area contributed by atoms with Gasteiger partial charge in [-0.25, -0.2) is 0 Å². The van der Waals surface area contributed by atoms with Gasteiger partial charge < -0.3 is 25.1 Å². The van der Waals surface area contributed by atoms with E-state index in [0.717, 1.165) is 29.7 Å². The second kappa shape index (κ2) is 10.2. The fraction of sp³-hybridized carbons (Fsp3) is 0.280. The average Bonchev–Trinajstić information content (AvgIpc) is 3.53. The van der Waals surface area contributed by atoms with Crippen molar-refractivity contribution in [2.24, 2.45) is 0 Å². The normalized spacial score (nSPS) is 15.3. The van der Waals surface area contributed by atoms with Gasteiger partial charge in [-0.2, -0.15) is 0 Å². The molecule has 0 bridgehead atoms. The second-order valence-corrected chi connectivity index (χ2v) is 10.1. The molecule has 0 aliphatic carbocycles. The van der Waals surface area contributed by atoms with Crippen LogP contribution < -0.4 is 20.9 Å². The molecule has 2 amide bonds. The maximum Gasteiger partial charge on any atom is 0.265 e. The minimum absolute atomic E-state index is 0.00685.